The van der Waals surface area contributed by atoms with Gasteiger partial charge in [-0.2, -0.15) is 0 Å². The predicted molar refractivity (Wildman–Crippen MR) is 102 cm³/mol. The Morgan fingerprint density at radius 3 is 2.31 bits per heavy atom. The van der Waals surface area contributed by atoms with E-state index in [1.54, 1.807) is 18.7 Å². The smallest absolute Gasteiger partial charge is 0.238 e. The second kappa shape index (κ2) is 7.32. The van der Waals surface area contributed by atoms with Gasteiger partial charge in [0.25, 0.3) is 0 Å². The maximum Gasteiger partial charge on any atom is 0.238 e. The van der Waals surface area contributed by atoms with E-state index in [0.29, 0.717) is 13.1 Å². The molecule has 0 fully saturated rings. The third-order valence-corrected chi connectivity index (χ3v) is 5.17. The number of rotatable bonds is 4. The Kier molecular flexibility index (Phi) is 5.12. The van der Waals surface area contributed by atoms with Gasteiger partial charge in [-0.3, -0.25) is 9.59 Å². The molecule has 0 saturated heterocycles. The molecule has 2 aromatic carbocycles. The summed E-state index contributed by atoms with van der Waals surface area (Å²) in [4.78, 5) is 27.7. The number of hydrogen-bond acceptors (Lipinski definition) is 2. The van der Waals surface area contributed by atoms with Crippen LogP contribution in [0.1, 0.15) is 43.5 Å². The monoisotopic (exact) mass is 350 g/mol. The third kappa shape index (κ3) is 3.64. The van der Waals surface area contributed by atoms with Crippen LogP contribution in [0, 0.1) is 5.41 Å². The largest absolute Gasteiger partial charge is 0.349 e. The van der Waals surface area contributed by atoms with E-state index in [1.165, 1.54) is 11.1 Å². The average molecular weight is 350 g/mol. The van der Waals surface area contributed by atoms with Gasteiger partial charge >= 0.3 is 0 Å². The summed E-state index contributed by atoms with van der Waals surface area (Å²) in [5, 5.41) is 2.99. The Morgan fingerprint density at radius 2 is 1.62 bits per heavy atom. The van der Waals surface area contributed by atoms with Crippen molar-refractivity contribution in [2.24, 2.45) is 5.41 Å². The lowest BCUT2D eigenvalue weighted by Gasteiger charge is -2.35. The second-order valence-electron chi connectivity index (χ2n) is 7.48. The summed E-state index contributed by atoms with van der Waals surface area (Å²) in [6.45, 7) is 6.58. The van der Waals surface area contributed by atoms with Gasteiger partial charge in [0.1, 0.15) is 5.41 Å². The molecule has 2 amide bonds. The molecule has 1 atom stereocenters. The van der Waals surface area contributed by atoms with Crippen LogP contribution >= 0.6 is 0 Å². The Labute approximate surface area is 155 Å². The van der Waals surface area contributed by atoms with Gasteiger partial charge in [0.05, 0.1) is 6.04 Å². The summed E-state index contributed by atoms with van der Waals surface area (Å²) in [7, 11) is 0. The molecule has 136 valence electrons. The molecular formula is C22H26N2O2. The number of hydrogen-bond donors (Lipinski definition) is 1. The molecule has 4 heteroatoms. The number of carbonyl (C=O) groups is 2. The van der Waals surface area contributed by atoms with E-state index in [-0.39, 0.29) is 17.9 Å². The van der Waals surface area contributed by atoms with Crippen LogP contribution in [0.2, 0.25) is 0 Å². The van der Waals surface area contributed by atoms with Crippen molar-refractivity contribution in [1.29, 1.82) is 0 Å². The molecule has 0 spiro atoms. The molecule has 0 aromatic heterocycles. The van der Waals surface area contributed by atoms with E-state index in [2.05, 4.69) is 17.4 Å². The molecule has 26 heavy (non-hydrogen) atoms. The summed E-state index contributed by atoms with van der Waals surface area (Å²) in [6.07, 6.45) is 0.833. The van der Waals surface area contributed by atoms with Crippen LogP contribution < -0.4 is 5.32 Å². The van der Waals surface area contributed by atoms with Gasteiger partial charge in [0.15, 0.2) is 0 Å². The molecule has 1 aliphatic rings. The standard InChI is InChI=1S/C22H26N2O2/c1-16(17-9-5-4-6-10-17)23-20(25)22(2,3)21(26)24-14-13-18-11-7-8-12-19(18)15-24/h4-12,16H,13-15H2,1-3H3,(H,23,25). The Hall–Kier alpha value is -2.62. The number of fused-ring (bicyclic) bond motifs is 1. The van der Waals surface area contributed by atoms with Crippen molar-refractivity contribution in [2.45, 2.75) is 39.8 Å². The van der Waals surface area contributed by atoms with Crippen molar-refractivity contribution < 1.29 is 9.59 Å². The first kappa shape index (κ1) is 18.2. The Morgan fingerprint density at radius 1 is 1.00 bits per heavy atom. The third-order valence-electron chi connectivity index (χ3n) is 5.17. The highest BCUT2D eigenvalue weighted by molar-refractivity contribution is 6.04. The van der Waals surface area contributed by atoms with Crippen LogP contribution in [0.25, 0.3) is 0 Å². The molecule has 0 bridgehead atoms. The quantitative estimate of drug-likeness (QED) is 0.859. The molecular weight excluding hydrogens is 324 g/mol. The molecule has 0 aliphatic carbocycles. The van der Waals surface area contributed by atoms with Gasteiger partial charge in [-0.15, -0.1) is 0 Å². The maximum atomic E-state index is 13.1. The van der Waals surface area contributed by atoms with Crippen LogP contribution in [-0.2, 0) is 22.6 Å². The lowest BCUT2D eigenvalue weighted by atomic mass is 9.88. The highest BCUT2D eigenvalue weighted by atomic mass is 16.2. The van der Waals surface area contributed by atoms with Crippen molar-refractivity contribution in [2.75, 3.05) is 6.54 Å². The van der Waals surface area contributed by atoms with Crippen LogP contribution in [0.5, 0.6) is 0 Å². The Balaban J connectivity index is 1.69. The maximum absolute atomic E-state index is 13.1. The molecule has 3 rings (SSSR count). The summed E-state index contributed by atoms with van der Waals surface area (Å²) in [5.74, 6) is -0.359. The molecule has 0 radical (unpaired) electrons. The SMILES string of the molecule is CC(NC(=O)C(C)(C)C(=O)N1CCc2ccccc2C1)c1ccccc1. The van der Waals surface area contributed by atoms with Crippen molar-refractivity contribution in [1.82, 2.24) is 10.2 Å². The minimum absolute atomic E-state index is 0.121. The van der Waals surface area contributed by atoms with Gasteiger partial charge < -0.3 is 10.2 Å². The van der Waals surface area contributed by atoms with Gasteiger partial charge in [-0.05, 0) is 43.9 Å². The fraction of sp³-hybridized carbons (Fsp3) is 0.364. The Bertz CT molecular complexity index is 799. The minimum atomic E-state index is -1.10. The van der Waals surface area contributed by atoms with Crippen LogP contribution in [0.4, 0.5) is 0 Å². The number of amides is 2. The number of benzene rings is 2. The minimum Gasteiger partial charge on any atom is -0.349 e. The highest BCUT2D eigenvalue weighted by Crippen LogP contribution is 2.26. The van der Waals surface area contributed by atoms with E-state index in [9.17, 15) is 9.59 Å². The van der Waals surface area contributed by atoms with Crippen molar-refractivity contribution in [3.8, 4) is 0 Å². The fourth-order valence-corrected chi connectivity index (χ4v) is 3.36. The fourth-order valence-electron chi connectivity index (χ4n) is 3.36. The normalized spacial score (nSPS) is 15.1. The first-order valence-electron chi connectivity index (χ1n) is 9.11. The van der Waals surface area contributed by atoms with Crippen molar-refractivity contribution >= 4 is 11.8 Å². The summed E-state index contributed by atoms with van der Waals surface area (Å²) in [5.41, 5.74) is 2.38. The molecule has 1 N–H and O–H groups in total. The lowest BCUT2D eigenvalue weighted by Crippen LogP contribution is -2.51. The van der Waals surface area contributed by atoms with E-state index in [1.807, 2.05) is 49.4 Å². The van der Waals surface area contributed by atoms with Gasteiger partial charge in [0.2, 0.25) is 11.8 Å². The van der Waals surface area contributed by atoms with E-state index >= 15 is 0 Å². The zero-order chi connectivity index (χ0) is 18.7. The van der Waals surface area contributed by atoms with Crippen LogP contribution in [0.15, 0.2) is 54.6 Å². The molecule has 0 saturated carbocycles. The first-order chi connectivity index (χ1) is 12.4. The van der Waals surface area contributed by atoms with E-state index in [4.69, 9.17) is 0 Å². The molecule has 2 aromatic rings. The number of carbonyl (C=O) groups excluding carboxylic acids is 2. The highest BCUT2D eigenvalue weighted by Gasteiger charge is 2.40. The van der Waals surface area contributed by atoms with Gasteiger partial charge in [0, 0.05) is 13.1 Å². The molecule has 1 aliphatic heterocycles. The van der Waals surface area contributed by atoms with Crippen LogP contribution in [-0.4, -0.2) is 23.3 Å². The summed E-state index contributed by atoms with van der Waals surface area (Å²) < 4.78 is 0. The van der Waals surface area contributed by atoms with E-state index in [0.717, 1.165) is 12.0 Å². The number of nitrogens with one attached hydrogen (secondary N) is 1. The molecule has 1 unspecified atom stereocenters. The first-order valence-corrected chi connectivity index (χ1v) is 9.11. The predicted octanol–water partition coefficient (Wildman–Crippen LogP) is 3.47. The topological polar surface area (TPSA) is 49.4 Å². The number of nitrogens with zero attached hydrogens (tertiary/aromatic N) is 1. The van der Waals surface area contributed by atoms with Crippen molar-refractivity contribution in [3.63, 3.8) is 0 Å². The zero-order valence-corrected chi connectivity index (χ0v) is 15.7. The van der Waals surface area contributed by atoms with Crippen LogP contribution in [0.3, 0.4) is 0 Å². The average Bonchev–Trinajstić information content (AvgIpc) is 2.67. The zero-order valence-electron chi connectivity index (χ0n) is 15.7. The summed E-state index contributed by atoms with van der Waals surface area (Å²) in [6, 6.07) is 17.8. The lowest BCUT2D eigenvalue weighted by molar-refractivity contribution is -0.149. The molecule has 4 nitrogen and oxygen atoms in total. The van der Waals surface area contributed by atoms with Gasteiger partial charge in [-0.1, -0.05) is 54.6 Å². The van der Waals surface area contributed by atoms with Gasteiger partial charge in [-0.25, -0.2) is 0 Å². The van der Waals surface area contributed by atoms with Crippen molar-refractivity contribution in [3.05, 3.63) is 71.3 Å². The molecule has 1 heterocycles. The summed E-state index contributed by atoms with van der Waals surface area (Å²) >= 11 is 0. The van der Waals surface area contributed by atoms with E-state index < -0.39 is 5.41 Å². The second-order valence-corrected chi connectivity index (χ2v) is 7.48.